The number of hydrogen-bond donors (Lipinski definition) is 0. The molecule has 4 aromatic rings. The number of aryl methyl sites for hydroxylation is 2. The molecule has 1 amide bonds. The molecule has 3 aromatic heterocycles. The summed E-state index contributed by atoms with van der Waals surface area (Å²) in [4.78, 5) is 18.8. The number of thiazole rings is 1. The summed E-state index contributed by atoms with van der Waals surface area (Å²) < 4.78 is 7.44. The molecule has 0 saturated heterocycles. The minimum absolute atomic E-state index is 0.0735. The third kappa shape index (κ3) is 4.53. The van der Waals surface area contributed by atoms with E-state index in [1.807, 2.05) is 47.2 Å². The van der Waals surface area contributed by atoms with Gasteiger partial charge < -0.3 is 4.42 Å². The van der Waals surface area contributed by atoms with Crippen LogP contribution in [0.15, 0.2) is 64.2 Å². The highest BCUT2D eigenvalue weighted by atomic mass is 32.2. The highest BCUT2D eigenvalue weighted by Gasteiger charge is 2.20. The van der Waals surface area contributed by atoms with Gasteiger partial charge in [-0.1, -0.05) is 23.9 Å². The Labute approximate surface area is 194 Å². The normalized spacial score (nSPS) is 11.0. The molecule has 0 unspecified atom stereocenters. The molecule has 164 valence electrons. The van der Waals surface area contributed by atoms with Crippen LogP contribution >= 0.6 is 23.1 Å². The topological polar surface area (TPSA) is 77.1 Å². The molecule has 0 fully saturated rings. The van der Waals surface area contributed by atoms with Gasteiger partial charge in [-0.2, -0.15) is 0 Å². The van der Waals surface area contributed by atoms with Crippen molar-refractivity contribution in [3.8, 4) is 11.6 Å². The Hall–Kier alpha value is -3.17. The second kappa shape index (κ2) is 9.54. The Balaban J connectivity index is 1.54. The Bertz CT molecular complexity index is 1240. The lowest BCUT2D eigenvalue weighted by atomic mass is 10.1. The van der Waals surface area contributed by atoms with Crippen molar-refractivity contribution in [1.29, 1.82) is 0 Å². The summed E-state index contributed by atoms with van der Waals surface area (Å²) in [6, 6.07) is 9.66. The fraction of sp³-hybridized carbons (Fsp3) is 0.217. The molecule has 0 bridgehead atoms. The lowest BCUT2D eigenvalue weighted by Crippen LogP contribution is -2.22. The second-order valence-electron chi connectivity index (χ2n) is 7.22. The summed E-state index contributed by atoms with van der Waals surface area (Å²) in [5.74, 6) is 1.85. The Morgan fingerprint density at radius 1 is 1.28 bits per heavy atom. The minimum Gasteiger partial charge on any atom is -0.461 e. The van der Waals surface area contributed by atoms with Crippen LogP contribution in [0, 0.1) is 13.8 Å². The molecule has 0 saturated carbocycles. The van der Waals surface area contributed by atoms with E-state index in [2.05, 4.69) is 23.7 Å². The van der Waals surface area contributed by atoms with Crippen molar-refractivity contribution in [2.24, 2.45) is 0 Å². The number of hydrogen-bond acceptors (Lipinski definition) is 7. The number of furan rings is 1. The molecule has 0 aliphatic heterocycles. The molecular weight excluding hydrogens is 442 g/mol. The van der Waals surface area contributed by atoms with Gasteiger partial charge in [-0.25, -0.2) is 4.98 Å². The van der Waals surface area contributed by atoms with Gasteiger partial charge in [-0.05, 0) is 49.2 Å². The number of nitrogens with zero attached hydrogens (tertiary/aromatic N) is 5. The Morgan fingerprint density at radius 3 is 2.81 bits per heavy atom. The van der Waals surface area contributed by atoms with E-state index >= 15 is 0 Å². The number of aromatic nitrogens is 4. The van der Waals surface area contributed by atoms with Gasteiger partial charge in [0.05, 0.1) is 17.6 Å². The zero-order valence-electron chi connectivity index (χ0n) is 18.1. The maximum absolute atomic E-state index is 12.4. The Morgan fingerprint density at radius 2 is 2.12 bits per heavy atom. The molecular formula is C23H23N5O2S2. The van der Waals surface area contributed by atoms with Crippen molar-refractivity contribution in [3.63, 3.8) is 0 Å². The number of thioether (sulfide) groups is 1. The van der Waals surface area contributed by atoms with Crippen molar-refractivity contribution >= 4 is 39.8 Å². The van der Waals surface area contributed by atoms with Crippen LogP contribution in [-0.2, 0) is 17.1 Å². The van der Waals surface area contributed by atoms with Gasteiger partial charge in [0.2, 0.25) is 11.7 Å². The maximum atomic E-state index is 12.4. The second-order valence-corrected chi connectivity index (χ2v) is 8.99. The van der Waals surface area contributed by atoms with Gasteiger partial charge >= 0.3 is 0 Å². The summed E-state index contributed by atoms with van der Waals surface area (Å²) in [6.07, 6.45) is 3.41. The average Bonchev–Trinajstić information content (AvgIpc) is 3.51. The van der Waals surface area contributed by atoms with E-state index < -0.39 is 0 Å². The molecule has 0 N–H and O–H groups in total. The highest BCUT2D eigenvalue weighted by molar-refractivity contribution is 7.98. The average molecular weight is 466 g/mol. The zero-order valence-corrected chi connectivity index (χ0v) is 19.7. The molecule has 0 spiro atoms. The maximum Gasteiger partial charge on any atom is 0.230 e. The monoisotopic (exact) mass is 465 g/mol. The SMILES string of the molecule is C=CCn1c(SCc2csc(N(C(C)=O)c3ccc(C)c(C)c3)n2)nnc1-c1ccco1. The first-order chi connectivity index (χ1) is 15.5. The van der Waals surface area contributed by atoms with E-state index in [-0.39, 0.29) is 5.91 Å². The van der Waals surface area contributed by atoms with Crippen LogP contribution < -0.4 is 4.90 Å². The van der Waals surface area contributed by atoms with E-state index in [1.165, 1.54) is 28.7 Å². The smallest absolute Gasteiger partial charge is 0.230 e. The third-order valence-corrected chi connectivity index (χ3v) is 6.79. The number of allylic oxidation sites excluding steroid dienone is 1. The van der Waals surface area contributed by atoms with Crippen LogP contribution in [0.4, 0.5) is 10.8 Å². The molecule has 0 aliphatic carbocycles. The number of anilines is 2. The number of benzene rings is 1. The van der Waals surface area contributed by atoms with Crippen molar-refractivity contribution in [3.05, 3.63) is 71.5 Å². The zero-order chi connectivity index (χ0) is 22.7. The van der Waals surface area contributed by atoms with E-state index in [0.29, 0.717) is 29.0 Å². The minimum atomic E-state index is -0.0735. The van der Waals surface area contributed by atoms with Crippen LogP contribution in [0.1, 0.15) is 23.7 Å². The summed E-state index contributed by atoms with van der Waals surface area (Å²) in [7, 11) is 0. The largest absolute Gasteiger partial charge is 0.461 e. The van der Waals surface area contributed by atoms with Crippen molar-refractivity contribution in [2.45, 2.75) is 38.2 Å². The van der Waals surface area contributed by atoms with Gasteiger partial charge in [0, 0.05) is 24.6 Å². The molecule has 4 rings (SSSR count). The van der Waals surface area contributed by atoms with Crippen molar-refractivity contribution in [2.75, 3.05) is 4.90 Å². The summed E-state index contributed by atoms with van der Waals surface area (Å²) in [5.41, 5.74) is 4.02. The predicted octanol–water partition coefficient (Wildman–Crippen LogP) is 5.77. The number of carbonyl (C=O) groups excluding carboxylic acids is 1. The van der Waals surface area contributed by atoms with Crippen molar-refractivity contribution < 1.29 is 9.21 Å². The highest BCUT2D eigenvalue weighted by Crippen LogP contribution is 2.32. The van der Waals surface area contributed by atoms with E-state index in [9.17, 15) is 4.79 Å². The van der Waals surface area contributed by atoms with Gasteiger partial charge in [0.1, 0.15) is 0 Å². The first-order valence-corrected chi connectivity index (χ1v) is 11.9. The lowest BCUT2D eigenvalue weighted by Gasteiger charge is -2.19. The third-order valence-electron chi connectivity index (χ3n) is 4.91. The molecule has 1 aromatic carbocycles. The van der Waals surface area contributed by atoms with Crippen LogP contribution in [0.2, 0.25) is 0 Å². The quantitative estimate of drug-likeness (QED) is 0.243. The van der Waals surface area contributed by atoms with E-state index in [0.717, 1.165) is 22.1 Å². The first-order valence-electron chi connectivity index (χ1n) is 10.0. The van der Waals surface area contributed by atoms with Crippen LogP contribution in [-0.4, -0.2) is 25.7 Å². The van der Waals surface area contributed by atoms with Gasteiger partial charge in [0.15, 0.2) is 16.0 Å². The van der Waals surface area contributed by atoms with E-state index in [1.54, 1.807) is 24.2 Å². The molecule has 3 heterocycles. The predicted molar refractivity (Wildman–Crippen MR) is 128 cm³/mol. The molecule has 0 aliphatic rings. The van der Waals surface area contributed by atoms with Crippen LogP contribution in [0.25, 0.3) is 11.6 Å². The molecule has 7 nitrogen and oxygen atoms in total. The number of rotatable bonds is 8. The van der Waals surface area contributed by atoms with E-state index in [4.69, 9.17) is 9.40 Å². The first kappa shape index (κ1) is 22.0. The van der Waals surface area contributed by atoms with Crippen LogP contribution in [0.5, 0.6) is 0 Å². The Kier molecular flexibility index (Phi) is 6.57. The summed E-state index contributed by atoms with van der Waals surface area (Å²) in [5, 5.41) is 12.0. The fourth-order valence-corrected chi connectivity index (χ4v) is 5.01. The number of amides is 1. The van der Waals surface area contributed by atoms with Gasteiger partial charge in [-0.3, -0.25) is 14.3 Å². The molecule has 0 radical (unpaired) electrons. The molecule has 0 atom stereocenters. The van der Waals surface area contributed by atoms with Crippen LogP contribution in [0.3, 0.4) is 0 Å². The van der Waals surface area contributed by atoms with Crippen molar-refractivity contribution in [1.82, 2.24) is 19.7 Å². The van der Waals surface area contributed by atoms with Gasteiger partial charge in [0.25, 0.3) is 0 Å². The molecule has 32 heavy (non-hydrogen) atoms. The fourth-order valence-electron chi connectivity index (χ4n) is 3.17. The van der Waals surface area contributed by atoms with Gasteiger partial charge in [-0.15, -0.1) is 28.1 Å². The number of carbonyl (C=O) groups is 1. The summed E-state index contributed by atoms with van der Waals surface area (Å²) in [6.45, 7) is 10.0. The lowest BCUT2D eigenvalue weighted by molar-refractivity contribution is -0.115. The summed E-state index contributed by atoms with van der Waals surface area (Å²) >= 11 is 2.98. The standard InChI is InChI=1S/C23H23N5O2S2/c1-5-10-27-21(20-7-6-11-30-20)25-26-23(27)32-14-18-13-31-22(24-18)28(17(4)29)19-9-8-15(2)16(3)12-19/h5-9,11-13H,1,10,14H2,2-4H3. The molecule has 9 heteroatoms.